The van der Waals surface area contributed by atoms with Gasteiger partial charge in [0, 0.05) is 48.1 Å². The molecule has 0 fully saturated rings. The van der Waals surface area contributed by atoms with E-state index in [2.05, 4.69) is 20.6 Å². The Bertz CT molecular complexity index is 1470. The highest BCUT2D eigenvalue weighted by atomic mass is 35.5. The number of aliphatic hydroxyl groups is 2. The van der Waals surface area contributed by atoms with Crippen molar-refractivity contribution in [2.45, 2.75) is 19.0 Å². The number of hydrogen-bond acceptors (Lipinski definition) is 9. The van der Waals surface area contributed by atoms with Crippen molar-refractivity contribution < 1.29 is 19.7 Å². The summed E-state index contributed by atoms with van der Waals surface area (Å²) in [6, 6.07) is 12.4. The lowest BCUT2D eigenvalue weighted by Gasteiger charge is -2.17. The number of aromatic nitrogens is 3. The summed E-state index contributed by atoms with van der Waals surface area (Å²) in [4.78, 5) is 22.8. The molecule has 0 amide bonds. The number of hydrogen-bond donors (Lipinski definition) is 4. The molecule has 2 aromatic carbocycles. The molecule has 4 rings (SSSR count). The van der Waals surface area contributed by atoms with Crippen LogP contribution in [0.3, 0.4) is 0 Å². The van der Waals surface area contributed by atoms with E-state index in [0.717, 1.165) is 11.3 Å². The second kappa shape index (κ2) is 12.1. The van der Waals surface area contributed by atoms with Crippen LogP contribution < -0.4 is 25.7 Å². The molecular weight excluding hydrogens is 510 g/mol. The average Bonchev–Trinajstić information content (AvgIpc) is 2.95. The molecule has 0 spiro atoms. The predicted molar refractivity (Wildman–Crippen MR) is 149 cm³/mol. The van der Waals surface area contributed by atoms with Gasteiger partial charge < -0.3 is 30.3 Å². The molecule has 200 valence electrons. The zero-order chi connectivity index (χ0) is 27.2. The lowest BCUT2D eigenvalue weighted by Crippen LogP contribution is -2.29. The fraction of sp³-hybridized carbons (Fsp3) is 0.296. The third-order valence-electron chi connectivity index (χ3n) is 6.23. The van der Waals surface area contributed by atoms with Crippen LogP contribution in [0, 0.1) is 0 Å². The predicted octanol–water partition coefficient (Wildman–Crippen LogP) is 3.18. The Kier molecular flexibility index (Phi) is 8.67. The number of methoxy groups -OCH3 is 2. The standard InChI is InChI=1S/C27H30ClN5O5/c1-29-18-6-4-16(5-7-18)8-9-33-25-17(13-30-27(32-25)31-19(14-34)15-35)10-22(26(33)36)21-11-20(37-2)12-23(38-3)24(21)28/h4-7,10-13,19,29,34-35H,8-9,14-15H2,1-3H3,(H,30,31,32). The molecule has 4 aromatic rings. The fourth-order valence-corrected chi connectivity index (χ4v) is 4.36. The van der Waals surface area contributed by atoms with Crippen LogP contribution in [0.4, 0.5) is 11.6 Å². The number of ether oxygens (including phenoxy) is 2. The van der Waals surface area contributed by atoms with E-state index in [9.17, 15) is 15.0 Å². The van der Waals surface area contributed by atoms with Gasteiger partial charge in [-0.15, -0.1) is 0 Å². The Morgan fingerprint density at radius 2 is 1.79 bits per heavy atom. The first-order valence-corrected chi connectivity index (χ1v) is 12.4. The molecule has 2 aromatic heterocycles. The summed E-state index contributed by atoms with van der Waals surface area (Å²) in [6.45, 7) is -0.272. The highest BCUT2D eigenvalue weighted by Gasteiger charge is 2.19. The molecule has 0 unspecified atom stereocenters. The smallest absolute Gasteiger partial charge is 0.260 e. The van der Waals surface area contributed by atoms with Crippen LogP contribution in [0.5, 0.6) is 11.5 Å². The summed E-state index contributed by atoms with van der Waals surface area (Å²) < 4.78 is 12.4. The maximum atomic E-state index is 14.0. The largest absolute Gasteiger partial charge is 0.497 e. The number of benzene rings is 2. The Balaban J connectivity index is 1.87. The minimum absolute atomic E-state index is 0.186. The quantitative estimate of drug-likeness (QED) is 0.227. The van der Waals surface area contributed by atoms with Crippen molar-refractivity contribution in [3.05, 3.63) is 69.6 Å². The number of aryl methyl sites for hydroxylation is 2. The molecular formula is C27H30ClN5O5. The third kappa shape index (κ3) is 5.67. The van der Waals surface area contributed by atoms with Crippen LogP contribution in [0.25, 0.3) is 22.2 Å². The Morgan fingerprint density at radius 3 is 2.42 bits per heavy atom. The van der Waals surface area contributed by atoms with Gasteiger partial charge >= 0.3 is 0 Å². The van der Waals surface area contributed by atoms with Crippen molar-refractivity contribution in [2.24, 2.45) is 0 Å². The van der Waals surface area contributed by atoms with Crippen LogP contribution in [-0.2, 0) is 13.0 Å². The van der Waals surface area contributed by atoms with Crippen molar-refractivity contribution in [1.29, 1.82) is 0 Å². The van der Waals surface area contributed by atoms with Gasteiger partial charge in [0.05, 0.1) is 38.5 Å². The van der Waals surface area contributed by atoms with E-state index < -0.39 is 6.04 Å². The van der Waals surface area contributed by atoms with E-state index in [4.69, 9.17) is 21.1 Å². The number of nitrogens with zero attached hydrogens (tertiary/aromatic N) is 3. The molecule has 0 atom stereocenters. The Labute approximate surface area is 224 Å². The first-order valence-electron chi connectivity index (χ1n) is 12.0. The van der Waals surface area contributed by atoms with Gasteiger partial charge in [-0.05, 0) is 36.2 Å². The van der Waals surface area contributed by atoms with Gasteiger partial charge in [0.1, 0.15) is 17.1 Å². The summed E-state index contributed by atoms with van der Waals surface area (Å²) in [5.74, 6) is 1.06. The highest BCUT2D eigenvalue weighted by Crippen LogP contribution is 2.38. The number of halogens is 1. The van der Waals surface area contributed by atoms with Crippen molar-refractivity contribution in [1.82, 2.24) is 14.5 Å². The van der Waals surface area contributed by atoms with Crippen LogP contribution >= 0.6 is 11.6 Å². The van der Waals surface area contributed by atoms with Crippen molar-refractivity contribution in [3.8, 4) is 22.6 Å². The molecule has 0 saturated heterocycles. The molecule has 10 nitrogen and oxygen atoms in total. The molecule has 2 heterocycles. The average molecular weight is 540 g/mol. The van der Waals surface area contributed by atoms with Gasteiger partial charge in [-0.2, -0.15) is 4.98 Å². The molecule has 38 heavy (non-hydrogen) atoms. The van der Waals surface area contributed by atoms with E-state index >= 15 is 0 Å². The van der Waals surface area contributed by atoms with Crippen molar-refractivity contribution >= 4 is 34.3 Å². The Morgan fingerprint density at radius 1 is 1.05 bits per heavy atom. The van der Waals surface area contributed by atoms with E-state index in [1.165, 1.54) is 14.2 Å². The van der Waals surface area contributed by atoms with Gasteiger partial charge in [0.15, 0.2) is 0 Å². The molecule has 0 aliphatic heterocycles. The zero-order valence-electron chi connectivity index (χ0n) is 21.4. The number of pyridine rings is 1. The summed E-state index contributed by atoms with van der Waals surface area (Å²) >= 11 is 6.64. The van der Waals surface area contributed by atoms with E-state index in [0.29, 0.717) is 46.6 Å². The minimum atomic E-state index is -0.638. The number of aliphatic hydroxyl groups excluding tert-OH is 2. The zero-order valence-corrected chi connectivity index (χ0v) is 22.1. The van der Waals surface area contributed by atoms with Crippen molar-refractivity contribution in [2.75, 3.05) is 45.1 Å². The molecule has 0 aliphatic carbocycles. The number of fused-ring (bicyclic) bond motifs is 1. The lowest BCUT2D eigenvalue weighted by atomic mass is 10.0. The van der Waals surface area contributed by atoms with E-state index in [1.807, 2.05) is 31.3 Å². The number of nitrogens with one attached hydrogen (secondary N) is 2. The number of anilines is 2. The van der Waals surface area contributed by atoms with Crippen molar-refractivity contribution in [3.63, 3.8) is 0 Å². The Hall–Kier alpha value is -3.86. The summed E-state index contributed by atoms with van der Waals surface area (Å²) in [5.41, 5.74) is 2.95. The molecule has 0 bridgehead atoms. The molecule has 4 N–H and O–H groups in total. The SMILES string of the molecule is CNc1ccc(CCn2c(=O)c(-c3cc(OC)cc(OC)c3Cl)cc3cnc(NC(CO)CO)nc32)cc1. The summed E-state index contributed by atoms with van der Waals surface area (Å²) in [5, 5.41) is 25.8. The first kappa shape index (κ1) is 27.2. The van der Waals surface area contributed by atoms with Gasteiger partial charge in [-0.1, -0.05) is 23.7 Å². The maximum absolute atomic E-state index is 14.0. The van der Waals surface area contributed by atoms with E-state index in [1.54, 1.807) is 29.0 Å². The fourth-order valence-electron chi connectivity index (χ4n) is 4.07. The molecule has 0 radical (unpaired) electrons. The normalized spacial score (nSPS) is 11.1. The van der Waals surface area contributed by atoms with Gasteiger partial charge in [-0.25, -0.2) is 4.98 Å². The van der Waals surface area contributed by atoms with Gasteiger partial charge in [0.2, 0.25) is 5.95 Å². The summed E-state index contributed by atoms with van der Waals surface area (Å²) in [7, 11) is 4.88. The van der Waals surface area contributed by atoms with Crippen LogP contribution in [0.15, 0.2) is 53.5 Å². The highest BCUT2D eigenvalue weighted by molar-refractivity contribution is 6.35. The minimum Gasteiger partial charge on any atom is -0.497 e. The van der Waals surface area contributed by atoms with Crippen LogP contribution in [0.1, 0.15) is 5.56 Å². The monoisotopic (exact) mass is 539 g/mol. The summed E-state index contributed by atoms with van der Waals surface area (Å²) in [6.07, 6.45) is 2.16. The first-order chi connectivity index (χ1) is 18.4. The molecule has 0 saturated carbocycles. The van der Waals surface area contributed by atoms with Gasteiger partial charge in [-0.3, -0.25) is 9.36 Å². The lowest BCUT2D eigenvalue weighted by molar-refractivity contribution is 0.203. The van der Waals surface area contributed by atoms with Crippen LogP contribution in [0.2, 0.25) is 5.02 Å². The third-order valence-corrected chi connectivity index (χ3v) is 6.62. The second-order valence-electron chi connectivity index (χ2n) is 8.58. The second-order valence-corrected chi connectivity index (χ2v) is 8.96. The topological polar surface area (TPSA) is 131 Å². The molecule has 0 aliphatic rings. The van der Waals surface area contributed by atoms with E-state index in [-0.39, 0.29) is 29.7 Å². The number of rotatable bonds is 11. The molecule has 11 heteroatoms. The van der Waals surface area contributed by atoms with Crippen LogP contribution in [-0.4, -0.2) is 65.3 Å². The van der Waals surface area contributed by atoms with Gasteiger partial charge in [0.25, 0.3) is 5.56 Å². The maximum Gasteiger partial charge on any atom is 0.260 e.